The molecule has 0 aliphatic heterocycles. The molecule has 4 atom stereocenters. The first-order valence-electron chi connectivity index (χ1n) is 21.3. The highest BCUT2D eigenvalue weighted by Crippen LogP contribution is 2.39. The van der Waals surface area contributed by atoms with Crippen LogP contribution in [0.15, 0.2) is 214 Å². The maximum absolute atomic E-state index is 10.4. The van der Waals surface area contributed by atoms with Gasteiger partial charge < -0.3 is 20.4 Å². The van der Waals surface area contributed by atoms with Crippen LogP contribution >= 0.6 is 46.4 Å². The Balaban J connectivity index is 0.000000201. The van der Waals surface area contributed by atoms with Gasteiger partial charge in [-0.25, -0.2) is 0 Å². The molecule has 8 aromatic rings. The molecule has 0 saturated carbocycles. The fraction of sp³-hybridized carbons (Fsp3) is 0.0714. The summed E-state index contributed by atoms with van der Waals surface area (Å²) >= 11 is 24.3. The molecular formula is C56H44Cl4N4O4. The maximum Gasteiger partial charge on any atom is 0.142 e. The lowest BCUT2D eigenvalue weighted by atomic mass is 9.94. The minimum Gasteiger partial charge on any atom is -0.506 e. The summed E-state index contributed by atoms with van der Waals surface area (Å²) in [6, 6.07) is 58.1. The second-order valence-corrected chi connectivity index (χ2v) is 16.9. The van der Waals surface area contributed by atoms with Crippen molar-refractivity contribution in [1.29, 1.82) is 0 Å². The molecule has 0 aliphatic rings. The van der Waals surface area contributed by atoms with E-state index in [2.05, 4.69) is 0 Å². The second-order valence-electron chi connectivity index (χ2n) is 15.2. The predicted molar refractivity (Wildman–Crippen MR) is 280 cm³/mol. The summed E-state index contributed by atoms with van der Waals surface area (Å²) in [5.41, 5.74) is 5.83. The number of phenolic OH excluding ortho intramolecular Hbond substituents is 4. The predicted octanol–water partition coefficient (Wildman–Crippen LogP) is 14.9. The van der Waals surface area contributed by atoms with E-state index in [1.54, 1.807) is 97.7 Å². The molecule has 8 rings (SSSR count). The summed E-state index contributed by atoms with van der Waals surface area (Å²) < 4.78 is 0. The van der Waals surface area contributed by atoms with Gasteiger partial charge >= 0.3 is 0 Å². The van der Waals surface area contributed by atoms with Gasteiger partial charge in [0, 0.05) is 47.1 Å². The third kappa shape index (κ3) is 12.6. The van der Waals surface area contributed by atoms with Crippen molar-refractivity contribution >= 4 is 71.3 Å². The molecule has 0 saturated heterocycles. The summed E-state index contributed by atoms with van der Waals surface area (Å²) in [7, 11) is 0. The summed E-state index contributed by atoms with van der Waals surface area (Å²) in [6.07, 6.45) is 6.45. The number of aliphatic imine (C=N–C) groups is 4. The van der Waals surface area contributed by atoms with Crippen molar-refractivity contribution in [2.24, 2.45) is 20.0 Å². The van der Waals surface area contributed by atoms with E-state index in [9.17, 15) is 20.4 Å². The Morgan fingerprint density at radius 1 is 0.265 bits per heavy atom. The zero-order valence-electron chi connectivity index (χ0n) is 36.2. The van der Waals surface area contributed by atoms with E-state index in [0.29, 0.717) is 22.3 Å². The quantitative estimate of drug-likeness (QED) is 0.0808. The smallest absolute Gasteiger partial charge is 0.142 e. The molecule has 4 N–H and O–H groups in total. The zero-order chi connectivity index (χ0) is 47.8. The number of hydrogen-bond acceptors (Lipinski definition) is 8. The standard InChI is InChI=1S/2C28H22Cl2N2O2/c2*29-23-15-7-13-21(27(23)33)17-31-25(19-9-3-1-4-10-19)26(20-11-5-2-6-12-20)32-18-22-14-8-16-24(30)28(22)34/h2*1-18,25-26,33-34H/t2*25-,26-/m10/s1. The maximum atomic E-state index is 10.4. The monoisotopic (exact) mass is 976 g/mol. The molecule has 0 radical (unpaired) electrons. The van der Waals surface area contributed by atoms with Crippen LogP contribution in [-0.4, -0.2) is 45.3 Å². The van der Waals surface area contributed by atoms with E-state index in [1.165, 1.54) is 0 Å². The molecule has 8 nitrogen and oxygen atoms in total. The van der Waals surface area contributed by atoms with Crippen LogP contribution in [0, 0.1) is 0 Å². The lowest BCUT2D eigenvalue weighted by Gasteiger charge is -2.22. The Morgan fingerprint density at radius 2 is 0.456 bits per heavy atom. The van der Waals surface area contributed by atoms with Gasteiger partial charge in [0.1, 0.15) is 47.2 Å². The summed E-state index contributed by atoms with van der Waals surface area (Å²) in [6.45, 7) is 0. The van der Waals surface area contributed by atoms with Gasteiger partial charge in [0.25, 0.3) is 0 Å². The Hall–Kier alpha value is -7.20. The summed E-state index contributed by atoms with van der Waals surface area (Å²) in [5, 5.41) is 42.4. The Morgan fingerprint density at radius 3 is 0.647 bits per heavy atom. The molecule has 68 heavy (non-hydrogen) atoms. The van der Waals surface area contributed by atoms with E-state index < -0.39 is 24.2 Å². The van der Waals surface area contributed by atoms with Crippen molar-refractivity contribution in [2.45, 2.75) is 24.2 Å². The molecule has 0 heterocycles. The van der Waals surface area contributed by atoms with Crippen molar-refractivity contribution in [3.8, 4) is 23.0 Å². The number of para-hydroxylation sites is 4. The number of hydrogen-bond donors (Lipinski definition) is 4. The highest BCUT2D eigenvalue weighted by molar-refractivity contribution is 6.33. The molecular weight excluding hydrogens is 934 g/mol. The van der Waals surface area contributed by atoms with E-state index in [-0.39, 0.29) is 43.1 Å². The number of phenols is 4. The van der Waals surface area contributed by atoms with Crippen molar-refractivity contribution in [3.63, 3.8) is 0 Å². The highest BCUT2D eigenvalue weighted by atomic mass is 35.5. The fourth-order valence-electron chi connectivity index (χ4n) is 7.19. The molecule has 0 aromatic heterocycles. The van der Waals surface area contributed by atoms with Crippen LogP contribution in [0.25, 0.3) is 0 Å². The third-order valence-corrected chi connectivity index (χ3v) is 12.0. The van der Waals surface area contributed by atoms with Crippen molar-refractivity contribution in [2.75, 3.05) is 0 Å². The van der Waals surface area contributed by atoms with Crippen LogP contribution in [0.3, 0.4) is 0 Å². The minimum atomic E-state index is -0.417. The molecule has 0 aliphatic carbocycles. The third-order valence-electron chi connectivity index (χ3n) is 10.7. The van der Waals surface area contributed by atoms with Gasteiger partial charge in [-0.15, -0.1) is 0 Å². The average molecular weight is 979 g/mol. The summed E-state index contributed by atoms with van der Waals surface area (Å²) in [5.74, 6) is -0.0987. The molecule has 0 bridgehead atoms. The van der Waals surface area contributed by atoms with Crippen molar-refractivity contribution < 1.29 is 20.4 Å². The zero-order valence-corrected chi connectivity index (χ0v) is 39.2. The lowest BCUT2D eigenvalue weighted by Crippen LogP contribution is -2.09. The summed E-state index contributed by atoms with van der Waals surface area (Å²) in [4.78, 5) is 19.4. The fourth-order valence-corrected chi connectivity index (χ4v) is 7.91. The molecule has 0 spiro atoms. The first-order chi connectivity index (χ1) is 33.1. The Labute approximate surface area is 415 Å². The van der Waals surface area contributed by atoms with Crippen LogP contribution in [0.2, 0.25) is 20.1 Å². The SMILES string of the molecule is Oc1c(Cl)cccc1C=N[C@@H](c1ccccc1)[C@@H](N=Cc1cccc(Cl)c1O)c1ccccc1.Oc1c(Cl)cccc1C=N[C@H](c1ccccc1)[C@H](N=Cc1cccc(Cl)c1O)c1ccccc1. The molecule has 340 valence electrons. The Kier molecular flexibility index (Phi) is 17.2. The van der Waals surface area contributed by atoms with Gasteiger partial charge in [0.2, 0.25) is 0 Å². The molecule has 0 unspecified atom stereocenters. The Bertz CT molecular complexity index is 2620. The van der Waals surface area contributed by atoms with Gasteiger partial charge in [0.15, 0.2) is 0 Å². The van der Waals surface area contributed by atoms with Gasteiger partial charge in [-0.3, -0.25) is 20.0 Å². The topological polar surface area (TPSA) is 130 Å². The van der Waals surface area contributed by atoms with E-state index >= 15 is 0 Å². The molecule has 0 fully saturated rings. The van der Waals surface area contributed by atoms with E-state index in [0.717, 1.165) is 22.3 Å². The van der Waals surface area contributed by atoms with Crippen LogP contribution in [0.1, 0.15) is 68.7 Å². The van der Waals surface area contributed by atoms with Crippen molar-refractivity contribution in [3.05, 3.63) is 259 Å². The highest BCUT2D eigenvalue weighted by Gasteiger charge is 2.25. The van der Waals surface area contributed by atoms with E-state index in [1.807, 2.05) is 121 Å². The first kappa shape index (κ1) is 48.7. The van der Waals surface area contributed by atoms with Gasteiger partial charge in [-0.2, -0.15) is 0 Å². The number of nitrogens with zero attached hydrogens (tertiary/aromatic N) is 4. The van der Waals surface area contributed by atoms with Crippen LogP contribution in [0.4, 0.5) is 0 Å². The van der Waals surface area contributed by atoms with Crippen LogP contribution < -0.4 is 0 Å². The van der Waals surface area contributed by atoms with E-state index in [4.69, 9.17) is 66.4 Å². The molecule has 0 amide bonds. The average Bonchev–Trinajstić information content (AvgIpc) is 3.37. The van der Waals surface area contributed by atoms with Crippen molar-refractivity contribution in [1.82, 2.24) is 0 Å². The number of halogens is 4. The number of rotatable bonds is 14. The molecule has 12 heteroatoms. The normalized spacial score (nSPS) is 13.4. The lowest BCUT2D eigenvalue weighted by molar-refractivity contribution is 0.474. The van der Waals surface area contributed by atoms with Gasteiger partial charge in [0.05, 0.1) is 20.1 Å². The largest absolute Gasteiger partial charge is 0.506 e. The van der Waals surface area contributed by atoms with Crippen LogP contribution in [0.5, 0.6) is 23.0 Å². The van der Waals surface area contributed by atoms with Crippen LogP contribution in [-0.2, 0) is 0 Å². The van der Waals surface area contributed by atoms with Gasteiger partial charge in [-0.1, -0.05) is 192 Å². The number of benzene rings is 8. The second kappa shape index (κ2) is 24.0. The minimum absolute atomic E-state index is 0.0247. The van der Waals surface area contributed by atoms with Gasteiger partial charge in [-0.05, 0) is 70.8 Å². The number of aromatic hydroxyl groups is 4. The first-order valence-corrected chi connectivity index (χ1v) is 22.8. The molecule has 8 aromatic carbocycles.